The number of pyridine rings is 1. The molecule has 0 radical (unpaired) electrons. The van der Waals surface area contributed by atoms with Crippen molar-refractivity contribution in [3.8, 4) is 11.1 Å². The number of rotatable bonds is 1. The minimum atomic E-state index is -0.377. The molecule has 84 valence electrons. The summed E-state index contributed by atoms with van der Waals surface area (Å²) >= 11 is 0. The van der Waals surface area contributed by atoms with Gasteiger partial charge in [0.2, 0.25) is 0 Å². The van der Waals surface area contributed by atoms with E-state index in [0.717, 1.165) is 17.3 Å². The lowest BCUT2D eigenvalue weighted by Crippen LogP contribution is -2.12. The van der Waals surface area contributed by atoms with Crippen LogP contribution in [0.15, 0.2) is 36.7 Å². The Morgan fingerprint density at radius 2 is 2.06 bits per heavy atom. The van der Waals surface area contributed by atoms with Crippen LogP contribution >= 0.6 is 0 Å². The van der Waals surface area contributed by atoms with Crippen molar-refractivity contribution < 1.29 is 9.18 Å². The quantitative estimate of drug-likeness (QED) is 0.812. The molecule has 1 aliphatic heterocycles. The van der Waals surface area contributed by atoms with Crippen LogP contribution in [0, 0.1) is 5.82 Å². The second kappa shape index (κ2) is 3.66. The van der Waals surface area contributed by atoms with Crippen LogP contribution in [0.2, 0.25) is 0 Å². The van der Waals surface area contributed by atoms with Crippen LogP contribution in [-0.2, 0) is 6.54 Å². The number of amides is 1. The van der Waals surface area contributed by atoms with Crippen LogP contribution in [0.3, 0.4) is 0 Å². The zero-order valence-electron chi connectivity index (χ0n) is 8.90. The Hall–Kier alpha value is -2.23. The third-order valence-corrected chi connectivity index (χ3v) is 2.86. The molecule has 0 bridgehead atoms. The smallest absolute Gasteiger partial charge is 0.251 e. The van der Waals surface area contributed by atoms with Crippen molar-refractivity contribution >= 4 is 5.91 Å². The van der Waals surface area contributed by atoms with Crippen molar-refractivity contribution in [3.05, 3.63) is 53.6 Å². The second-order valence-electron chi connectivity index (χ2n) is 3.91. The van der Waals surface area contributed by atoms with Crippen LogP contribution in [0.5, 0.6) is 0 Å². The molecule has 2 aromatic rings. The number of nitrogens with one attached hydrogen (secondary N) is 1. The number of benzene rings is 1. The lowest BCUT2D eigenvalue weighted by molar-refractivity contribution is 0.0966. The zero-order chi connectivity index (χ0) is 11.8. The predicted molar refractivity (Wildman–Crippen MR) is 60.8 cm³/mol. The first-order chi connectivity index (χ1) is 8.25. The number of aromatic nitrogens is 1. The molecule has 1 amide bonds. The fourth-order valence-corrected chi connectivity index (χ4v) is 2.08. The monoisotopic (exact) mass is 228 g/mol. The first-order valence-corrected chi connectivity index (χ1v) is 5.27. The Labute approximate surface area is 97.3 Å². The van der Waals surface area contributed by atoms with E-state index in [2.05, 4.69) is 10.3 Å². The molecule has 0 aliphatic carbocycles. The molecule has 0 fully saturated rings. The van der Waals surface area contributed by atoms with Crippen molar-refractivity contribution in [1.82, 2.24) is 10.3 Å². The van der Waals surface area contributed by atoms with Gasteiger partial charge in [-0.05, 0) is 23.3 Å². The molecule has 1 aromatic carbocycles. The molecule has 4 heteroatoms. The number of nitrogens with zero attached hydrogens (tertiary/aromatic N) is 1. The minimum Gasteiger partial charge on any atom is -0.348 e. The Morgan fingerprint density at radius 1 is 1.24 bits per heavy atom. The van der Waals surface area contributed by atoms with Crippen LogP contribution < -0.4 is 5.32 Å². The van der Waals surface area contributed by atoms with Crippen LogP contribution in [0.25, 0.3) is 11.1 Å². The van der Waals surface area contributed by atoms with Crippen LogP contribution in [0.4, 0.5) is 4.39 Å². The Morgan fingerprint density at radius 3 is 2.88 bits per heavy atom. The molecule has 0 unspecified atom stereocenters. The van der Waals surface area contributed by atoms with Gasteiger partial charge in [-0.2, -0.15) is 0 Å². The summed E-state index contributed by atoms with van der Waals surface area (Å²) in [6.45, 7) is 0.487. The fourth-order valence-electron chi connectivity index (χ4n) is 2.08. The van der Waals surface area contributed by atoms with Crippen LogP contribution in [-0.4, -0.2) is 10.9 Å². The first kappa shape index (κ1) is 9.96. The van der Waals surface area contributed by atoms with E-state index in [0.29, 0.717) is 17.7 Å². The van der Waals surface area contributed by atoms with Gasteiger partial charge >= 0.3 is 0 Å². The molecule has 2 heterocycles. The fraction of sp³-hybridized carbons (Fsp3) is 0.0769. The highest BCUT2D eigenvalue weighted by atomic mass is 19.1. The summed E-state index contributed by atoms with van der Waals surface area (Å²) in [4.78, 5) is 15.3. The molecule has 0 saturated heterocycles. The van der Waals surface area contributed by atoms with Crippen molar-refractivity contribution in [2.24, 2.45) is 0 Å². The second-order valence-corrected chi connectivity index (χ2v) is 3.91. The van der Waals surface area contributed by atoms with E-state index in [9.17, 15) is 9.18 Å². The predicted octanol–water partition coefficient (Wildman–Crippen LogP) is 2.13. The number of carbonyl (C=O) groups is 1. The summed E-state index contributed by atoms with van der Waals surface area (Å²) in [5.74, 6) is -0.455. The maximum atomic E-state index is 13.1. The average Bonchev–Trinajstić information content (AvgIpc) is 2.71. The van der Waals surface area contributed by atoms with Crippen molar-refractivity contribution in [3.63, 3.8) is 0 Å². The molecule has 0 saturated carbocycles. The van der Waals surface area contributed by atoms with Gasteiger partial charge in [0.25, 0.3) is 5.91 Å². The summed E-state index contributed by atoms with van der Waals surface area (Å²) in [7, 11) is 0. The molecule has 17 heavy (non-hydrogen) atoms. The largest absolute Gasteiger partial charge is 0.348 e. The van der Waals surface area contributed by atoms with Gasteiger partial charge in [0.1, 0.15) is 5.82 Å². The lowest BCUT2D eigenvalue weighted by Gasteiger charge is -2.06. The zero-order valence-corrected chi connectivity index (χ0v) is 8.90. The highest BCUT2D eigenvalue weighted by molar-refractivity contribution is 6.00. The normalized spacial score (nSPS) is 13.4. The number of halogens is 1. The van der Waals surface area contributed by atoms with E-state index < -0.39 is 0 Å². The maximum absolute atomic E-state index is 13.1. The first-order valence-electron chi connectivity index (χ1n) is 5.27. The molecule has 0 atom stereocenters. The van der Waals surface area contributed by atoms with E-state index in [4.69, 9.17) is 0 Å². The van der Waals surface area contributed by atoms with Crippen LogP contribution in [0.1, 0.15) is 15.9 Å². The maximum Gasteiger partial charge on any atom is 0.251 e. The van der Waals surface area contributed by atoms with E-state index >= 15 is 0 Å². The SMILES string of the molecule is O=C1NCc2c1cccc2-c1cncc(F)c1. The molecule has 0 spiro atoms. The van der Waals surface area contributed by atoms with E-state index in [1.807, 2.05) is 6.07 Å². The van der Waals surface area contributed by atoms with E-state index in [-0.39, 0.29) is 11.7 Å². The lowest BCUT2D eigenvalue weighted by atomic mass is 9.98. The Kier molecular flexibility index (Phi) is 2.14. The molecular weight excluding hydrogens is 219 g/mol. The topological polar surface area (TPSA) is 42.0 Å². The number of carbonyl (C=O) groups excluding carboxylic acids is 1. The molecule has 3 nitrogen and oxygen atoms in total. The van der Waals surface area contributed by atoms with Crippen molar-refractivity contribution in [1.29, 1.82) is 0 Å². The average molecular weight is 228 g/mol. The summed E-state index contributed by atoms with van der Waals surface area (Å²) < 4.78 is 13.1. The van der Waals surface area contributed by atoms with E-state index in [1.165, 1.54) is 6.07 Å². The third kappa shape index (κ3) is 1.58. The summed E-state index contributed by atoms with van der Waals surface area (Å²) in [5, 5.41) is 2.76. The van der Waals surface area contributed by atoms with Crippen molar-refractivity contribution in [2.45, 2.75) is 6.54 Å². The Bertz CT molecular complexity index is 610. The van der Waals surface area contributed by atoms with Gasteiger partial charge in [0.15, 0.2) is 0 Å². The number of hydrogen-bond donors (Lipinski definition) is 1. The van der Waals surface area contributed by atoms with Gasteiger partial charge in [0.05, 0.1) is 6.20 Å². The highest BCUT2D eigenvalue weighted by Gasteiger charge is 2.21. The molecule has 3 rings (SSSR count). The summed E-state index contributed by atoms with van der Waals surface area (Å²) in [5.41, 5.74) is 3.11. The molecule has 1 aliphatic rings. The van der Waals surface area contributed by atoms with Gasteiger partial charge in [-0.1, -0.05) is 12.1 Å². The highest BCUT2D eigenvalue weighted by Crippen LogP contribution is 2.28. The molecular formula is C13H9FN2O. The van der Waals surface area contributed by atoms with E-state index in [1.54, 1.807) is 18.3 Å². The summed E-state index contributed by atoms with van der Waals surface area (Å²) in [6, 6.07) is 6.86. The molecule has 1 aromatic heterocycles. The van der Waals surface area contributed by atoms with Gasteiger partial charge in [0, 0.05) is 23.9 Å². The van der Waals surface area contributed by atoms with Gasteiger partial charge < -0.3 is 5.32 Å². The summed E-state index contributed by atoms with van der Waals surface area (Å²) in [6.07, 6.45) is 2.76. The standard InChI is InChI=1S/C13H9FN2O/c14-9-4-8(5-15-6-9)10-2-1-3-11-12(10)7-16-13(11)17/h1-6H,7H2,(H,16,17). The number of hydrogen-bond acceptors (Lipinski definition) is 2. The molecule has 1 N–H and O–H groups in total. The van der Waals surface area contributed by atoms with Gasteiger partial charge in [-0.3, -0.25) is 9.78 Å². The number of fused-ring (bicyclic) bond motifs is 1. The third-order valence-electron chi connectivity index (χ3n) is 2.86. The Balaban J connectivity index is 2.20. The van der Waals surface area contributed by atoms with Gasteiger partial charge in [-0.15, -0.1) is 0 Å². The van der Waals surface area contributed by atoms with Crippen molar-refractivity contribution in [2.75, 3.05) is 0 Å². The van der Waals surface area contributed by atoms with Gasteiger partial charge in [-0.25, -0.2) is 4.39 Å². The minimum absolute atomic E-state index is 0.0776.